The van der Waals surface area contributed by atoms with Gasteiger partial charge >= 0.3 is 12.2 Å². The van der Waals surface area contributed by atoms with Crippen molar-refractivity contribution in [1.29, 1.82) is 0 Å². The number of rotatable bonds is 2. The number of hydrogen-bond donors (Lipinski definition) is 2. The monoisotopic (exact) mass is 263 g/mol. The third-order valence-electron chi connectivity index (χ3n) is 2.97. The van der Waals surface area contributed by atoms with E-state index in [9.17, 15) is 18.0 Å². The SMILES string of the molecule is Cc1coc(NC(=O)C2(C(F)(F)F)CCNC2)n1. The van der Waals surface area contributed by atoms with Crippen molar-refractivity contribution in [1.82, 2.24) is 10.3 Å². The molecule has 1 aliphatic heterocycles. The van der Waals surface area contributed by atoms with Gasteiger partial charge in [0.1, 0.15) is 6.26 Å². The maximum atomic E-state index is 13.0. The van der Waals surface area contributed by atoms with Crippen molar-refractivity contribution >= 4 is 11.9 Å². The largest absolute Gasteiger partial charge is 0.432 e. The number of oxazole rings is 1. The van der Waals surface area contributed by atoms with E-state index < -0.39 is 24.0 Å². The standard InChI is InChI=1S/C10H12F3N3O2/c1-6-4-18-8(15-6)16-7(17)9(10(11,12)13)2-3-14-5-9/h4,14H,2-3,5H2,1H3,(H,15,16,17). The van der Waals surface area contributed by atoms with Crippen LogP contribution in [-0.2, 0) is 4.79 Å². The maximum Gasteiger partial charge on any atom is 0.404 e. The van der Waals surface area contributed by atoms with Crippen LogP contribution in [0.15, 0.2) is 10.7 Å². The third-order valence-corrected chi connectivity index (χ3v) is 2.97. The maximum absolute atomic E-state index is 13.0. The second-order valence-corrected chi connectivity index (χ2v) is 4.25. The summed E-state index contributed by atoms with van der Waals surface area (Å²) in [5.74, 6) is -1.14. The molecule has 1 aliphatic rings. The normalized spacial score (nSPS) is 24.2. The van der Waals surface area contributed by atoms with E-state index in [0.717, 1.165) is 0 Å². The fourth-order valence-corrected chi connectivity index (χ4v) is 1.88. The fourth-order valence-electron chi connectivity index (χ4n) is 1.88. The van der Waals surface area contributed by atoms with Crippen LogP contribution in [0.2, 0.25) is 0 Å². The number of hydrogen-bond acceptors (Lipinski definition) is 4. The van der Waals surface area contributed by atoms with E-state index in [-0.39, 0.29) is 19.0 Å². The average molecular weight is 263 g/mol. The van der Waals surface area contributed by atoms with Crippen LogP contribution in [-0.4, -0.2) is 30.2 Å². The molecular formula is C10H12F3N3O2. The summed E-state index contributed by atoms with van der Waals surface area (Å²) in [5, 5.41) is 4.64. The highest BCUT2D eigenvalue weighted by Crippen LogP contribution is 2.43. The Morgan fingerprint density at radius 3 is 2.78 bits per heavy atom. The molecule has 2 N–H and O–H groups in total. The topological polar surface area (TPSA) is 67.2 Å². The highest BCUT2D eigenvalue weighted by atomic mass is 19.4. The molecule has 5 nitrogen and oxygen atoms in total. The van der Waals surface area contributed by atoms with Gasteiger partial charge in [-0.2, -0.15) is 18.2 Å². The molecular weight excluding hydrogens is 251 g/mol. The first-order chi connectivity index (χ1) is 8.35. The molecule has 1 atom stereocenters. The Hall–Kier alpha value is -1.57. The molecule has 2 rings (SSSR count). The quantitative estimate of drug-likeness (QED) is 0.847. The predicted molar refractivity (Wildman–Crippen MR) is 55.8 cm³/mol. The Morgan fingerprint density at radius 1 is 1.61 bits per heavy atom. The van der Waals surface area contributed by atoms with Crippen LogP contribution < -0.4 is 10.6 Å². The number of aryl methyl sites for hydroxylation is 1. The molecule has 100 valence electrons. The summed E-state index contributed by atoms with van der Waals surface area (Å²) in [5.41, 5.74) is -1.93. The van der Waals surface area contributed by atoms with Gasteiger partial charge in [-0.25, -0.2) is 0 Å². The minimum absolute atomic E-state index is 0.150. The first-order valence-electron chi connectivity index (χ1n) is 5.36. The molecule has 1 fully saturated rings. The lowest BCUT2D eigenvalue weighted by Crippen LogP contribution is -2.49. The van der Waals surface area contributed by atoms with Gasteiger partial charge in [-0.05, 0) is 19.9 Å². The number of nitrogens with one attached hydrogen (secondary N) is 2. The zero-order valence-corrected chi connectivity index (χ0v) is 9.60. The van der Waals surface area contributed by atoms with Gasteiger partial charge in [0.2, 0.25) is 5.91 Å². The Morgan fingerprint density at radius 2 is 2.33 bits per heavy atom. The highest BCUT2D eigenvalue weighted by Gasteiger charge is 2.61. The van der Waals surface area contributed by atoms with Crippen LogP contribution in [0.1, 0.15) is 12.1 Å². The van der Waals surface area contributed by atoms with Gasteiger partial charge < -0.3 is 9.73 Å². The highest BCUT2D eigenvalue weighted by molar-refractivity contribution is 5.94. The Labute approximate surface area is 101 Å². The number of alkyl halides is 3. The van der Waals surface area contributed by atoms with Crippen molar-refractivity contribution in [3.05, 3.63) is 12.0 Å². The van der Waals surface area contributed by atoms with Gasteiger partial charge in [-0.1, -0.05) is 0 Å². The Bertz CT molecular complexity index is 449. The summed E-state index contributed by atoms with van der Waals surface area (Å²) in [4.78, 5) is 15.6. The number of carbonyl (C=O) groups excluding carboxylic acids is 1. The van der Waals surface area contributed by atoms with Crippen molar-refractivity contribution in [3.63, 3.8) is 0 Å². The van der Waals surface area contributed by atoms with E-state index in [1.165, 1.54) is 6.26 Å². The lowest BCUT2D eigenvalue weighted by molar-refractivity contribution is -0.213. The summed E-state index contributed by atoms with van der Waals surface area (Å²) in [7, 11) is 0. The molecule has 0 spiro atoms. The molecule has 0 aromatic carbocycles. The second kappa shape index (κ2) is 4.27. The van der Waals surface area contributed by atoms with Crippen LogP contribution in [0, 0.1) is 12.3 Å². The van der Waals surface area contributed by atoms with Crippen molar-refractivity contribution in [2.75, 3.05) is 18.4 Å². The van der Waals surface area contributed by atoms with Gasteiger partial charge in [0.05, 0.1) is 5.69 Å². The summed E-state index contributed by atoms with van der Waals surface area (Å²) < 4.78 is 43.9. The third kappa shape index (κ3) is 2.07. The molecule has 18 heavy (non-hydrogen) atoms. The average Bonchev–Trinajstić information content (AvgIpc) is 2.86. The fraction of sp³-hybridized carbons (Fsp3) is 0.600. The zero-order valence-electron chi connectivity index (χ0n) is 9.60. The van der Waals surface area contributed by atoms with E-state index >= 15 is 0 Å². The van der Waals surface area contributed by atoms with E-state index in [0.29, 0.717) is 5.69 Å². The van der Waals surface area contributed by atoms with Crippen molar-refractivity contribution in [2.24, 2.45) is 5.41 Å². The molecule has 2 heterocycles. The number of carbonyl (C=O) groups is 1. The number of halogens is 3. The van der Waals surface area contributed by atoms with Gasteiger partial charge in [0.25, 0.3) is 0 Å². The van der Waals surface area contributed by atoms with Crippen LogP contribution in [0.25, 0.3) is 0 Å². The molecule has 1 amide bonds. The van der Waals surface area contributed by atoms with E-state index in [1.807, 2.05) is 0 Å². The second-order valence-electron chi connectivity index (χ2n) is 4.25. The van der Waals surface area contributed by atoms with E-state index in [4.69, 9.17) is 4.42 Å². The summed E-state index contributed by atoms with van der Waals surface area (Å²) in [6, 6.07) is -0.215. The van der Waals surface area contributed by atoms with Crippen molar-refractivity contribution < 1.29 is 22.4 Å². The van der Waals surface area contributed by atoms with Crippen molar-refractivity contribution in [3.8, 4) is 0 Å². The number of aromatic nitrogens is 1. The Balaban J connectivity index is 2.20. The molecule has 0 saturated carbocycles. The first kappa shape index (κ1) is 12.9. The molecule has 0 bridgehead atoms. The minimum atomic E-state index is -4.61. The van der Waals surface area contributed by atoms with Gasteiger partial charge in [-0.3, -0.25) is 10.1 Å². The lowest BCUT2D eigenvalue weighted by atomic mass is 9.85. The lowest BCUT2D eigenvalue weighted by Gasteiger charge is -2.28. The molecule has 1 unspecified atom stereocenters. The minimum Gasteiger partial charge on any atom is -0.432 e. The summed E-state index contributed by atoms with van der Waals surface area (Å²) in [6.07, 6.45) is -3.65. The number of anilines is 1. The molecule has 1 aromatic heterocycles. The number of amides is 1. The predicted octanol–water partition coefficient (Wildman–Crippen LogP) is 1.46. The van der Waals surface area contributed by atoms with Crippen LogP contribution >= 0.6 is 0 Å². The van der Waals surface area contributed by atoms with Gasteiger partial charge in [0, 0.05) is 6.54 Å². The van der Waals surface area contributed by atoms with Crippen LogP contribution in [0.3, 0.4) is 0 Å². The summed E-state index contributed by atoms with van der Waals surface area (Å²) >= 11 is 0. The van der Waals surface area contributed by atoms with Crippen LogP contribution in [0.5, 0.6) is 0 Å². The molecule has 0 aliphatic carbocycles. The van der Waals surface area contributed by atoms with Gasteiger partial charge in [-0.15, -0.1) is 0 Å². The molecule has 8 heteroatoms. The van der Waals surface area contributed by atoms with Crippen molar-refractivity contribution in [2.45, 2.75) is 19.5 Å². The Kier molecular flexibility index (Phi) is 3.05. The molecule has 0 radical (unpaired) electrons. The van der Waals surface area contributed by atoms with Crippen LogP contribution in [0.4, 0.5) is 19.2 Å². The summed E-state index contributed by atoms with van der Waals surface area (Å²) in [6.45, 7) is 1.33. The van der Waals surface area contributed by atoms with E-state index in [2.05, 4.69) is 15.6 Å². The van der Waals surface area contributed by atoms with E-state index in [1.54, 1.807) is 6.92 Å². The molecule has 1 saturated heterocycles. The van der Waals surface area contributed by atoms with Gasteiger partial charge in [0.15, 0.2) is 5.41 Å². The number of nitrogens with zero attached hydrogens (tertiary/aromatic N) is 1. The first-order valence-corrected chi connectivity index (χ1v) is 5.36. The molecule has 1 aromatic rings. The smallest absolute Gasteiger partial charge is 0.404 e. The zero-order chi connectivity index (χ0) is 13.4.